The lowest BCUT2D eigenvalue weighted by molar-refractivity contribution is -0.128. The largest absolute Gasteiger partial charge is 0.352 e. The van der Waals surface area contributed by atoms with Crippen LogP contribution in [0, 0.1) is 5.92 Å². The minimum Gasteiger partial charge on any atom is -0.352 e. The van der Waals surface area contributed by atoms with Crippen molar-refractivity contribution < 1.29 is 4.79 Å². The molecule has 2 atom stereocenters. The summed E-state index contributed by atoms with van der Waals surface area (Å²) in [6.07, 6.45) is 1.67. The molecular formula is C22H36IN5O. The molecule has 2 N–H and O–H groups in total. The third kappa shape index (κ3) is 6.57. The molecule has 3 rings (SSSR count). The van der Waals surface area contributed by atoms with Gasteiger partial charge in [-0.05, 0) is 37.3 Å². The summed E-state index contributed by atoms with van der Waals surface area (Å²) in [5.41, 5.74) is 2.39. The first-order chi connectivity index (χ1) is 13.5. The van der Waals surface area contributed by atoms with E-state index in [1.54, 1.807) is 0 Å². The Morgan fingerprint density at radius 1 is 1.28 bits per heavy atom. The number of hydrogen-bond acceptors (Lipinski definition) is 3. The molecule has 1 aromatic carbocycles. The Hall–Kier alpha value is -1.35. The van der Waals surface area contributed by atoms with E-state index in [1.165, 1.54) is 11.1 Å². The Morgan fingerprint density at radius 3 is 2.66 bits per heavy atom. The Bertz CT molecular complexity index is 708. The summed E-state index contributed by atoms with van der Waals surface area (Å²) >= 11 is 0. The van der Waals surface area contributed by atoms with Crippen molar-refractivity contribution in [3.63, 3.8) is 0 Å². The molecule has 29 heavy (non-hydrogen) atoms. The number of carbonyl (C=O) groups excluding carboxylic acids is 1. The van der Waals surface area contributed by atoms with Crippen LogP contribution in [0.25, 0.3) is 0 Å². The molecule has 2 fully saturated rings. The molecule has 0 aromatic heterocycles. The van der Waals surface area contributed by atoms with Gasteiger partial charge in [-0.25, -0.2) is 0 Å². The highest BCUT2D eigenvalue weighted by Gasteiger charge is 2.31. The number of hydrogen-bond donors (Lipinski definition) is 2. The van der Waals surface area contributed by atoms with Gasteiger partial charge in [-0.3, -0.25) is 14.7 Å². The van der Waals surface area contributed by atoms with Gasteiger partial charge in [0, 0.05) is 58.3 Å². The Balaban J connectivity index is 0.00000300. The summed E-state index contributed by atoms with van der Waals surface area (Å²) < 4.78 is 0. The number of guanidine groups is 1. The molecular weight excluding hydrogens is 477 g/mol. The second-order valence-electron chi connectivity index (χ2n) is 8.44. The summed E-state index contributed by atoms with van der Waals surface area (Å²) in [6, 6.07) is 9.47. The first-order valence-corrected chi connectivity index (χ1v) is 10.5. The van der Waals surface area contributed by atoms with E-state index in [-0.39, 0.29) is 29.9 Å². The lowest BCUT2D eigenvalue weighted by atomic mass is 10.1. The highest BCUT2D eigenvalue weighted by atomic mass is 127. The molecule has 2 aliphatic heterocycles. The average molecular weight is 513 g/mol. The maximum absolute atomic E-state index is 11.9. The predicted molar refractivity (Wildman–Crippen MR) is 130 cm³/mol. The second-order valence-corrected chi connectivity index (χ2v) is 8.44. The van der Waals surface area contributed by atoms with E-state index in [4.69, 9.17) is 0 Å². The predicted octanol–water partition coefficient (Wildman–Crippen LogP) is 2.82. The molecule has 0 spiro atoms. The fourth-order valence-electron chi connectivity index (χ4n) is 4.10. The number of aliphatic imine (C=N–C) groups is 1. The van der Waals surface area contributed by atoms with Crippen molar-refractivity contribution in [2.24, 2.45) is 10.9 Å². The minimum absolute atomic E-state index is 0. The summed E-state index contributed by atoms with van der Waals surface area (Å²) in [7, 11) is 1.82. The van der Waals surface area contributed by atoms with Crippen molar-refractivity contribution in [1.82, 2.24) is 20.4 Å². The Kier molecular flexibility index (Phi) is 9.20. The van der Waals surface area contributed by atoms with Crippen LogP contribution in [0.2, 0.25) is 0 Å². The molecule has 2 aliphatic rings. The van der Waals surface area contributed by atoms with Crippen LogP contribution in [-0.2, 0) is 17.9 Å². The first kappa shape index (κ1) is 23.9. The van der Waals surface area contributed by atoms with Gasteiger partial charge in [0.1, 0.15) is 0 Å². The van der Waals surface area contributed by atoms with Crippen LogP contribution in [0.5, 0.6) is 0 Å². The standard InChI is InChI=1S/C22H35N5O.HI/c1-16(2)27-13-17(3)20(15-27)25-22(23-4)24-12-18-7-5-8-19(11-18)14-26-10-6-9-21(26)28;/h5,7-8,11,16-17,20H,6,9-10,12-15H2,1-4H3,(H2,23,24,25);1H. The maximum Gasteiger partial charge on any atom is 0.222 e. The van der Waals surface area contributed by atoms with Gasteiger partial charge >= 0.3 is 0 Å². The molecule has 2 unspecified atom stereocenters. The molecule has 6 nitrogen and oxygen atoms in total. The molecule has 1 aromatic rings. The normalized spacial score (nSPS) is 22.9. The Morgan fingerprint density at radius 2 is 2.03 bits per heavy atom. The summed E-state index contributed by atoms with van der Waals surface area (Å²) in [5.74, 6) is 1.72. The average Bonchev–Trinajstić information content (AvgIpc) is 3.25. The van der Waals surface area contributed by atoms with Gasteiger partial charge in [-0.2, -0.15) is 0 Å². The highest BCUT2D eigenvalue weighted by Crippen LogP contribution is 2.19. The molecule has 2 heterocycles. The van der Waals surface area contributed by atoms with Gasteiger partial charge in [0.05, 0.1) is 0 Å². The number of rotatable bonds is 6. The number of amides is 1. The highest BCUT2D eigenvalue weighted by molar-refractivity contribution is 14.0. The van der Waals surface area contributed by atoms with Gasteiger partial charge in [0.15, 0.2) is 5.96 Å². The number of benzene rings is 1. The molecule has 0 bridgehead atoms. The molecule has 1 amide bonds. The molecule has 0 aliphatic carbocycles. The van der Waals surface area contributed by atoms with Crippen LogP contribution >= 0.6 is 24.0 Å². The zero-order chi connectivity index (χ0) is 20.1. The molecule has 162 valence electrons. The van der Waals surface area contributed by atoms with Crippen molar-refractivity contribution in [3.8, 4) is 0 Å². The quantitative estimate of drug-likeness (QED) is 0.349. The van der Waals surface area contributed by atoms with Crippen molar-refractivity contribution in [2.75, 3.05) is 26.7 Å². The third-order valence-electron chi connectivity index (χ3n) is 5.91. The smallest absolute Gasteiger partial charge is 0.222 e. The van der Waals surface area contributed by atoms with Crippen molar-refractivity contribution in [1.29, 1.82) is 0 Å². The first-order valence-electron chi connectivity index (χ1n) is 10.5. The molecule has 0 radical (unpaired) electrons. The van der Waals surface area contributed by atoms with E-state index in [0.717, 1.165) is 38.6 Å². The van der Waals surface area contributed by atoms with E-state index < -0.39 is 0 Å². The number of halogens is 1. The topological polar surface area (TPSA) is 60.0 Å². The van der Waals surface area contributed by atoms with Crippen LogP contribution in [0.3, 0.4) is 0 Å². The van der Waals surface area contributed by atoms with Crippen LogP contribution in [0.1, 0.15) is 44.7 Å². The van der Waals surface area contributed by atoms with Crippen LogP contribution in [-0.4, -0.2) is 60.4 Å². The van der Waals surface area contributed by atoms with E-state index in [2.05, 4.69) is 65.6 Å². The van der Waals surface area contributed by atoms with E-state index in [9.17, 15) is 4.79 Å². The van der Waals surface area contributed by atoms with Crippen molar-refractivity contribution in [2.45, 2.75) is 58.8 Å². The van der Waals surface area contributed by atoms with E-state index >= 15 is 0 Å². The SMILES string of the molecule is CN=C(NCc1cccc(CN2CCCC2=O)c1)NC1CN(C(C)C)CC1C.I. The van der Waals surface area contributed by atoms with Crippen LogP contribution < -0.4 is 10.6 Å². The summed E-state index contributed by atoms with van der Waals surface area (Å²) in [5, 5.41) is 7.04. The van der Waals surface area contributed by atoms with Gasteiger partial charge in [0.2, 0.25) is 5.91 Å². The molecule has 2 saturated heterocycles. The van der Waals surface area contributed by atoms with Gasteiger partial charge in [-0.15, -0.1) is 24.0 Å². The minimum atomic E-state index is 0. The fraction of sp³-hybridized carbons (Fsp3) is 0.636. The number of nitrogens with zero attached hydrogens (tertiary/aromatic N) is 3. The molecule has 0 saturated carbocycles. The van der Waals surface area contributed by atoms with Crippen molar-refractivity contribution in [3.05, 3.63) is 35.4 Å². The fourth-order valence-corrected chi connectivity index (χ4v) is 4.10. The summed E-state index contributed by atoms with van der Waals surface area (Å²) in [4.78, 5) is 20.7. The zero-order valence-corrected chi connectivity index (χ0v) is 20.5. The number of likely N-dealkylation sites (tertiary alicyclic amines) is 2. The summed E-state index contributed by atoms with van der Waals surface area (Å²) in [6.45, 7) is 11.3. The van der Waals surface area contributed by atoms with E-state index in [1.807, 2.05) is 11.9 Å². The van der Waals surface area contributed by atoms with Crippen LogP contribution in [0.15, 0.2) is 29.3 Å². The zero-order valence-electron chi connectivity index (χ0n) is 18.1. The van der Waals surface area contributed by atoms with Crippen molar-refractivity contribution >= 4 is 35.8 Å². The third-order valence-corrected chi connectivity index (χ3v) is 5.91. The van der Waals surface area contributed by atoms with E-state index in [0.29, 0.717) is 31.0 Å². The Labute approximate surface area is 192 Å². The van der Waals surface area contributed by atoms with Gasteiger partial charge < -0.3 is 15.5 Å². The second kappa shape index (κ2) is 11.2. The molecule has 7 heteroatoms. The van der Waals surface area contributed by atoms with Gasteiger partial charge in [0.25, 0.3) is 0 Å². The van der Waals surface area contributed by atoms with Crippen LogP contribution in [0.4, 0.5) is 0 Å². The maximum atomic E-state index is 11.9. The number of nitrogens with one attached hydrogen (secondary N) is 2. The number of carbonyl (C=O) groups is 1. The lowest BCUT2D eigenvalue weighted by Gasteiger charge is -2.22. The lowest BCUT2D eigenvalue weighted by Crippen LogP contribution is -2.46. The van der Waals surface area contributed by atoms with Gasteiger partial charge in [-0.1, -0.05) is 31.2 Å². The monoisotopic (exact) mass is 513 g/mol.